The van der Waals surface area contributed by atoms with Gasteiger partial charge in [-0.2, -0.15) is 0 Å². The molecule has 1 spiro atoms. The van der Waals surface area contributed by atoms with E-state index in [9.17, 15) is 14.4 Å². The quantitative estimate of drug-likeness (QED) is 0.802. The number of nitrogens with one attached hydrogen (secondary N) is 1. The van der Waals surface area contributed by atoms with E-state index in [-0.39, 0.29) is 18.0 Å². The number of hydrogen-bond acceptors (Lipinski definition) is 5. The normalized spacial score (nSPS) is 18.9. The van der Waals surface area contributed by atoms with Crippen LogP contribution in [0.2, 0.25) is 0 Å². The molecule has 0 saturated carbocycles. The van der Waals surface area contributed by atoms with E-state index in [0.717, 1.165) is 10.5 Å². The Morgan fingerprint density at radius 3 is 2.57 bits per heavy atom. The molecule has 2 saturated heterocycles. The number of carbonyl (C=O) groups is 3. The van der Waals surface area contributed by atoms with Gasteiger partial charge in [0.1, 0.15) is 5.54 Å². The highest BCUT2D eigenvalue weighted by Gasteiger charge is 2.55. The third-order valence-electron chi connectivity index (χ3n) is 5.63. The largest absolute Gasteiger partial charge is 0.444 e. The van der Waals surface area contributed by atoms with Gasteiger partial charge in [-0.1, -0.05) is 12.1 Å². The highest BCUT2D eigenvalue weighted by Crippen LogP contribution is 2.35. The highest BCUT2D eigenvalue weighted by molar-refractivity contribution is 6.06. The topological polar surface area (TPSA) is 99.0 Å². The molecule has 0 aliphatic carbocycles. The van der Waals surface area contributed by atoms with Gasteiger partial charge < -0.3 is 19.5 Å². The number of piperidine rings is 1. The Balaban J connectivity index is 1.42. The molecule has 1 N–H and O–H groups in total. The zero-order valence-corrected chi connectivity index (χ0v) is 15.7. The van der Waals surface area contributed by atoms with Crippen molar-refractivity contribution in [3.8, 4) is 11.3 Å². The first-order chi connectivity index (χ1) is 13.4. The first-order valence-corrected chi connectivity index (χ1v) is 9.03. The second-order valence-corrected chi connectivity index (χ2v) is 7.10. The van der Waals surface area contributed by atoms with Crippen molar-refractivity contribution in [3.05, 3.63) is 36.9 Å². The Bertz CT molecular complexity index is 918. The second kappa shape index (κ2) is 6.66. The molecule has 0 radical (unpaired) electrons. The van der Waals surface area contributed by atoms with Crippen LogP contribution in [0.5, 0.6) is 0 Å². The summed E-state index contributed by atoms with van der Waals surface area (Å²) in [6, 6.07) is 6.77. The second-order valence-electron chi connectivity index (χ2n) is 7.10. The standard InChI is InChI=1S/C19H21N5O4/c1-22-16(25)19(23(2)18(22)27)6-8-24(9-7-19)17(26)21-14-5-3-4-13(10-14)15-11-20-12-28-15/h3-5,10-12H,6-9H2,1-2H3,(H,21,26). The molecule has 2 fully saturated rings. The number of carbonyl (C=O) groups excluding carboxylic acids is 3. The Hall–Kier alpha value is -3.36. The van der Waals surface area contributed by atoms with E-state index in [1.165, 1.54) is 18.3 Å². The molecule has 3 heterocycles. The van der Waals surface area contributed by atoms with Gasteiger partial charge in [-0.15, -0.1) is 0 Å². The zero-order valence-electron chi connectivity index (χ0n) is 15.7. The molecule has 0 bridgehead atoms. The molecule has 2 aliphatic rings. The summed E-state index contributed by atoms with van der Waals surface area (Å²) in [4.78, 5) is 45.5. The lowest BCUT2D eigenvalue weighted by atomic mass is 9.86. The number of hydrogen-bond donors (Lipinski definition) is 1. The predicted octanol–water partition coefficient (Wildman–Crippen LogP) is 2.23. The molecule has 0 unspecified atom stereocenters. The molecular formula is C19H21N5O4. The number of urea groups is 2. The summed E-state index contributed by atoms with van der Waals surface area (Å²) in [7, 11) is 3.14. The van der Waals surface area contributed by atoms with Crippen LogP contribution in [0, 0.1) is 0 Å². The van der Waals surface area contributed by atoms with Gasteiger partial charge in [0.25, 0.3) is 5.91 Å². The molecule has 0 atom stereocenters. The molecule has 146 valence electrons. The van der Waals surface area contributed by atoms with Gasteiger partial charge >= 0.3 is 12.1 Å². The first kappa shape index (κ1) is 18.0. The Morgan fingerprint density at radius 2 is 1.96 bits per heavy atom. The fourth-order valence-corrected chi connectivity index (χ4v) is 3.89. The predicted molar refractivity (Wildman–Crippen MR) is 100 cm³/mol. The average molecular weight is 383 g/mol. The van der Waals surface area contributed by atoms with E-state index in [1.54, 1.807) is 24.2 Å². The average Bonchev–Trinajstić information content (AvgIpc) is 3.30. The summed E-state index contributed by atoms with van der Waals surface area (Å²) < 4.78 is 5.28. The SMILES string of the molecule is CN1C(=O)N(C)C2(CCN(C(=O)Nc3cccc(-c4cnco4)c3)CC2)C1=O. The molecule has 28 heavy (non-hydrogen) atoms. The van der Waals surface area contributed by atoms with Crippen LogP contribution in [0.1, 0.15) is 12.8 Å². The molecule has 4 rings (SSSR count). The molecular weight excluding hydrogens is 362 g/mol. The van der Waals surface area contributed by atoms with Crippen molar-refractivity contribution in [2.75, 3.05) is 32.5 Å². The lowest BCUT2D eigenvalue weighted by Crippen LogP contribution is -2.56. The smallest absolute Gasteiger partial charge is 0.327 e. The van der Waals surface area contributed by atoms with Gasteiger partial charge in [0, 0.05) is 38.4 Å². The monoisotopic (exact) mass is 383 g/mol. The number of aromatic nitrogens is 1. The van der Waals surface area contributed by atoms with E-state index >= 15 is 0 Å². The Morgan fingerprint density at radius 1 is 1.21 bits per heavy atom. The number of imide groups is 1. The van der Waals surface area contributed by atoms with Gasteiger partial charge in [0.05, 0.1) is 6.20 Å². The van der Waals surface area contributed by atoms with Crippen LogP contribution >= 0.6 is 0 Å². The molecule has 1 aromatic heterocycles. The van der Waals surface area contributed by atoms with Crippen molar-refractivity contribution in [2.24, 2.45) is 0 Å². The molecule has 9 heteroatoms. The minimum atomic E-state index is -0.838. The van der Waals surface area contributed by atoms with E-state index < -0.39 is 5.54 Å². The number of benzene rings is 1. The maximum atomic E-state index is 12.7. The minimum absolute atomic E-state index is 0.195. The summed E-state index contributed by atoms with van der Waals surface area (Å²) in [5.41, 5.74) is 0.616. The van der Waals surface area contributed by atoms with E-state index in [1.807, 2.05) is 18.2 Å². The van der Waals surface area contributed by atoms with Crippen molar-refractivity contribution in [1.82, 2.24) is 19.7 Å². The van der Waals surface area contributed by atoms with Crippen molar-refractivity contribution >= 4 is 23.7 Å². The highest BCUT2D eigenvalue weighted by atomic mass is 16.3. The van der Waals surface area contributed by atoms with Crippen molar-refractivity contribution < 1.29 is 18.8 Å². The van der Waals surface area contributed by atoms with Crippen LogP contribution in [0.3, 0.4) is 0 Å². The Kier molecular flexibility index (Phi) is 4.29. The first-order valence-electron chi connectivity index (χ1n) is 9.03. The molecule has 2 aromatic rings. The van der Waals surface area contributed by atoms with Crippen molar-refractivity contribution in [3.63, 3.8) is 0 Å². The van der Waals surface area contributed by atoms with E-state index in [2.05, 4.69) is 10.3 Å². The lowest BCUT2D eigenvalue weighted by molar-refractivity contribution is -0.134. The van der Waals surface area contributed by atoms with Crippen LogP contribution in [0.25, 0.3) is 11.3 Å². The summed E-state index contributed by atoms with van der Waals surface area (Å²) in [5, 5.41) is 2.88. The number of likely N-dealkylation sites (tertiary alicyclic amines) is 1. The van der Waals surface area contributed by atoms with Gasteiger partial charge in [0.2, 0.25) is 0 Å². The number of nitrogens with zero attached hydrogens (tertiary/aromatic N) is 4. The minimum Gasteiger partial charge on any atom is -0.444 e. The van der Waals surface area contributed by atoms with Crippen molar-refractivity contribution in [1.29, 1.82) is 0 Å². The van der Waals surface area contributed by atoms with E-state index in [0.29, 0.717) is 37.4 Å². The maximum Gasteiger partial charge on any atom is 0.327 e. The number of oxazole rings is 1. The van der Waals surface area contributed by atoms with Crippen LogP contribution in [-0.4, -0.2) is 70.4 Å². The maximum absolute atomic E-state index is 12.7. The lowest BCUT2D eigenvalue weighted by Gasteiger charge is -2.40. The number of anilines is 1. The molecule has 1 aromatic carbocycles. The number of amides is 5. The fourth-order valence-electron chi connectivity index (χ4n) is 3.89. The van der Waals surface area contributed by atoms with E-state index in [4.69, 9.17) is 4.42 Å². The Labute approximate surface area is 161 Å². The molecule has 5 amide bonds. The number of likely N-dealkylation sites (N-methyl/N-ethyl adjacent to an activating group) is 2. The molecule has 9 nitrogen and oxygen atoms in total. The molecule has 2 aliphatic heterocycles. The summed E-state index contributed by atoms with van der Waals surface area (Å²) >= 11 is 0. The number of rotatable bonds is 2. The van der Waals surface area contributed by atoms with Crippen LogP contribution in [0.15, 0.2) is 41.3 Å². The van der Waals surface area contributed by atoms with Crippen molar-refractivity contribution in [2.45, 2.75) is 18.4 Å². The fraction of sp³-hybridized carbons (Fsp3) is 0.368. The van der Waals surface area contributed by atoms with Crippen LogP contribution < -0.4 is 5.32 Å². The third kappa shape index (κ3) is 2.79. The van der Waals surface area contributed by atoms with Gasteiger partial charge in [-0.3, -0.25) is 9.69 Å². The zero-order chi connectivity index (χ0) is 19.9. The summed E-state index contributed by atoms with van der Waals surface area (Å²) in [6.45, 7) is 0.787. The van der Waals surface area contributed by atoms with Gasteiger partial charge in [-0.05, 0) is 25.0 Å². The van der Waals surface area contributed by atoms with Crippen LogP contribution in [-0.2, 0) is 4.79 Å². The van der Waals surface area contributed by atoms with Gasteiger partial charge in [-0.25, -0.2) is 14.6 Å². The summed E-state index contributed by atoms with van der Waals surface area (Å²) in [6.07, 6.45) is 3.81. The van der Waals surface area contributed by atoms with Crippen LogP contribution in [0.4, 0.5) is 15.3 Å². The van der Waals surface area contributed by atoms with Gasteiger partial charge in [0.15, 0.2) is 12.2 Å². The summed E-state index contributed by atoms with van der Waals surface area (Å²) in [5.74, 6) is 0.424. The third-order valence-corrected chi connectivity index (χ3v) is 5.63.